The van der Waals surface area contributed by atoms with Gasteiger partial charge in [0.15, 0.2) is 0 Å². The average Bonchev–Trinajstić information content (AvgIpc) is 2.34. The minimum atomic E-state index is -0.378. The van der Waals surface area contributed by atoms with Crippen LogP contribution in [0.2, 0.25) is 0 Å². The minimum Gasteiger partial charge on any atom is -0.380 e. The smallest absolute Gasteiger partial charge is 0.245 e. The molecule has 1 aliphatic heterocycles. The third-order valence-electron chi connectivity index (χ3n) is 3.35. The molecule has 5 heteroatoms. The zero-order valence-electron chi connectivity index (χ0n) is 12.4. The van der Waals surface area contributed by atoms with Crippen molar-refractivity contribution in [2.24, 2.45) is 5.92 Å². The standard InChI is InChI=1S/C14H26N2O3/c1-5-12-13(17)15-11(9-10(3)4)14(18)16(12)7-8-19-6-2/h10-12H,5-9H2,1-4H3,(H,15,17). The molecule has 1 saturated heterocycles. The van der Waals surface area contributed by atoms with Crippen molar-refractivity contribution in [3.8, 4) is 0 Å². The molecular weight excluding hydrogens is 244 g/mol. The van der Waals surface area contributed by atoms with Gasteiger partial charge in [-0.05, 0) is 25.7 Å². The Kier molecular flexibility index (Phi) is 6.28. The van der Waals surface area contributed by atoms with Crippen molar-refractivity contribution >= 4 is 11.8 Å². The Morgan fingerprint density at radius 3 is 2.53 bits per heavy atom. The van der Waals surface area contributed by atoms with Gasteiger partial charge in [0.2, 0.25) is 11.8 Å². The fourth-order valence-corrected chi connectivity index (χ4v) is 2.44. The Balaban J connectivity index is 2.74. The maximum Gasteiger partial charge on any atom is 0.245 e. The quantitative estimate of drug-likeness (QED) is 0.707. The van der Waals surface area contributed by atoms with E-state index in [0.29, 0.717) is 38.5 Å². The summed E-state index contributed by atoms with van der Waals surface area (Å²) in [6, 6.07) is -0.728. The van der Waals surface area contributed by atoms with Crippen LogP contribution < -0.4 is 5.32 Å². The number of nitrogens with zero attached hydrogens (tertiary/aromatic N) is 1. The fourth-order valence-electron chi connectivity index (χ4n) is 2.44. The Labute approximate surface area is 115 Å². The van der Waals surface area contributed by atoms with Crippen molar-refractivity contribution in [3.63, 3.8) is 0 Å². The first-order chi connectivity index (χ1) is 9.01. The first-order valence-corrected chi connectivity index (χ1v) is 7.19. The van der Waals surface area contributed by atoms with Crippen LogP contribution in [0.1, 0.15) is 40.5 Å². The fraction of sp³-hybridized carbons (Fsp3) is 0.857. The molecule has 0 aromatic carbocycles. The summed E-state index contributed by atoms with van der Waals surface area (Å²) in [7, 11) is 0. The lowest BCUT2D eigenvalue weighted by molar-refractivity contribution is -0.150. The maximum absolute atomic E-state index is 12.4. The van der Waals surface area contributed by atoms with Crippen LogP contribution in [0.15, 0.2) is 0 Å². The highest BCUT2D eigenvalue weighted by Gasteiger charge is 2.39. The molecule has 19 heavy (non-hydrogen) atoms. The van der Waals surface area contributed by atoms with Crippen LogP contribution in [0.4, 0.5) is 0 Å². The van der Waals surface area contributed by atoms with Crippen LogP contribution in [0.5, 0.6) is 0 Å². The van der Waals surface area contributed by atoms with E-state index in [1.807, 2.05) is 13.8 Å². The number of carbonyl (C=O) groups excluding carboxylic acids is 2. The minimum absolute atomic E-state index is 0.0276. The topological polar surface area (TPSA) is 58.6 Å². The van der Waals surface area contributed by atoms with Crippen LogP contribution in [-0.2, 0) is 14.3 Å². The van der Waals surface area contributed by atoms with Crippen molar-refractivity contribution in [3.05, 3.63) is 0 Å². The molecular formula is C14H26N2O3. The Hall–Kier alpha value is -1.10. The molecule has 2 unspecified atom stereocenters. The van der Waals surface area contributed by atoms with Crippen LogP contribution in [-0.4, -0.2) is 48.6 Å². The molecule has 1 rings (SSSR count). The van der Waals surface area contributed by atoms with Gasteiger partial charge in [-0.2, -0.15) is 0 Å². The van der Waals surface area contributed by atoms with E-state index in [9.17, 15) is 9.59 Å². The van der Waals surface area contributed by atoms with Gasteiger partial charge in [0.25, 0.3) is 0 Å². The van der Waals surface area contributed by atoms with E-state index >= 15 is 0 Å². The van der Waals surface area contributed by atoms with E-state index in [2.05, 4.69) is 19.2 Å². The monoisotopic (exact) mass is 270 g/mol. The van der Waals surface area contributed by atoms with E-state index < -0.39 is 0 Å². The number of ether oxygens (including phenoxy) is 1. The first kappa shape index (κ1) is 16.0. The van der Waals surface area contributed by atoms with Gasteiger partial charge in [-0.3, -0.25) is 9.59 Å². The van der Waals surface area contributed by atoms with Gasteiger partial charge in [0, 0.05) is 13.2 Å². The molecule has 2 amide bonds. The molecule has 0 aromatic rings. The molecule has 0 bridgehead atoms. The van der Waals surface area contributed by atoms with Gasteiger partial charge in [0.05, 0.1) is 6.61 Å². The lowest BCUT2D eigenvalue weighted by Crippen LogP contribution is -2.63. The predicted molar refractivity (Wildman–Crippen MR) is 73.7 cm³/mol. The summed E-state index contributed by atoms with van der Waals surface area (Å²) < 4.78 is 5.30. The molecule has 0 aliphatic carbocycles. The van der Waals surface area contributed by atoms with E-state index in [-0.39, 0.29) is 23.9 Å². The molecule has 1 heterocycles. The molecule has 5 nitrogen and oxygen atoms in total. The van der Waals surface area contributed by atoms with Gasteiger partial charge < -0.3 is 15.0 Å². The molecule has 110 valence electrons. The van der Waals surface area contributed by atoms with Crippen molar-refractivity contribution in [2.45, 2.75) is 52.6 Å². The normalized spacial score (nSPS) is 23.9. The van der Waals surface area contributed by atoms with E-state index in [1.54, 1.807) is 4.90 Å². The SMILES string of the molecule is CCOCCN1C(=O)C(CC(C)C)NC(=O)C1CC. The second-order valence-electron chi connectivity index (χ2n) is 5.34. The molecule has 0 saturated carbocycles. The van der Waals surface area contributed by atoms with Crippen molar-refractivity contribution < 1.29 is 14.3 Å². The van der Waals surface area contributed by atoms with Crippen LogP contribution in [0.3, 0.4) is 0 Å². The van der Waals surface area contributed by atoms with Gasteiger partial charge in [0.1, 0.15) is 12.1 Å². The van der Waals surface area contributed by atoms with Crippen molar-refractivity contribution in [1.29, 1.82) is 0 Å². The predicted octanol–water partition coefficient (Wildman–Crippen LogP) is 1.17. The number of amides is 2. The Bertz CT molecular complexity index is 318. The summed E-state index contributed by atoms with van der Waals surface area (Å²) in [5.41, 5.74) is 0. The summed E-state index contributed by atoms with van der Waals surface area (Å²) >= 11 is 0. The number of carbonyl (C=O) groups is 2. The van der Waals surface area contributed by atoms with Gasteiger partial charge >= 0.3 is 0 Å². The number of nitrogens with one attached hydrogen (secondary N) is 1. The van der Waals surface area contributed by atoms with Crippen LogP contribution >= 0.6 is 0 Å². The van der Waals surface area contributed by atoms with E-state index in [4.69, 9.17) is 4.74 Å². The number of hydrogen-bond donors (Lipinski definition) is 1. The van der Waals surface area contributed by atoms with Crippen molar-refractivity contribution in [1.82, 2.24) is 10.2 Å². The first-order valence-electron chi connectivity index (χ1n) is 7.19. The number of hydrogen-bond acceptors (Lipinski definition) is 3. The van der Waals surface area contributed by atoms with Gasteiger partial charge in [-0.1, -0.05) is 20.8 Å². The Morgan fingerprint density at radius 1 is 1.32 bits per heavy atom. The van der Waals surface area contributed by atoms with Crippen LogP contribution in [0, 0.1) is 5.92 Å². The molecule has 1 N–H and O–H groups in total. The van der Waals surface area contributed by atoms with Gasteiger partial charge in [-0.15, -0.1) is 0 Å². The number of piperazine rings is 1. The summed E-state index contributed by atoms with van der Waals surface area (Å²) in [6.45, 7) is 9.55. The van der Waals surface area contributed by atoms with E-state index in [1.165, 1.54) is 0 Å². The summed E-state index contributed by atoms with van der Waals surface area (Å²) in [5, 5.41) is 2.85. The second kappa shape index (κ2) is 7.48. The summed E-state index contributed by atoms with van der Waals surface area (Å²) in [4.78, 5) is 26.2. The molecule has 0 radical (unpaired) electrons. The third-order valence-corrected chi connectivity index (χ3v) is 3.35. The zero-order valence-corrected chi connectivity index (χ0v) is 12.4. The molecule has 0 aromatic heterocycles. The van der Waals surface area contributed by atoms with Crippen LogP contribution in [0.25, 0.3) is 0 Å². The second-order valence-corrected chi connectivity index (χ2v) is 5.34. The Morgan fingerprint density at radius 2 is 2.00 bits per heavy atom. The zero-order chi connectivity index (χ0) is 14.4. The lowest BCUT2D eigenvalue weighted by atomic mass is 9.98. The largest absolute Gasteiger partial charge is 0.380 e. The molecule has 1 aliphatic rings. The molecule has 2 atom stereocenters. The van der Waals surface area contributed by atoms with Crippen molar-refractivity contribution in [2.75, 3.05) is 19.8 Å². The van der Waals surface area contributed by atoms with Gasteiger partial charge in [-0.25, -0.2) is 0 Å². The average molecular weight is 270 g/mol. The highest BCUT2D eigenvalue weighted by molar-refractivity contribution is 5.96. The maximum atomic E-state index is 12.4. The lowest BCUT2D eigenvalue weighted by Gasteiger charge is -2.39. The van der Waals surface area contributed by atoms with E-state index in [0.717, 1.165) is 0 Å². The molecule has 1 fully saturated rings. The molecule has 0 spiro atoms. The summed E-state index contributed by atoms with van der Waals surface area (Å²) in [6.07, 6.45) is 1.32. The highest BCUT2D eigenvalue weighted by atomic mass is 16.5. The number of rotatable bonds is 7. The summed E-state index contributed by atoms with van der Waals surface area (Å²) in [5.74, 6) is 0.366. The highest BCUT2D eigenvalue weighted by Crippen LogP contribution is 2.17. The third kappa shape index (κ3) is 4.20.